The topological polar surface area (TPSA) is 78.5 Å². The van der Waals surface area contributed by atoms with Gasteiger partial charge in [0.05, 0.1) is 16.8 Å². The van der Waals surface area contributed by atoms with Gasteiger partial charge in [0.15, 0.2) is 0 Å². The highest BCUT2D eigenvalue weighted by Gasteiger charge is 2.37. The predicted molar refractivity (Wildman–Crippen MR) is 91.1 cm³/mol. The standard InChI is InChI=1S/C18H16FN3O3/c1-10(2)22-16(23)12-8-7-11(9-13(12)17(22)24)20-18(25)21-15-6-4-3-5-14(15)19/h3-10H,1-2H3,(H2,20,21,25). The lowest BCUT2D eigenvalue weighted by molar-refractivity contribution is 0.0609. The molecule has 2 N–H and O–H groups in total. The molecule has 0 saturated carbocycles. The number of halogens is 1. The molecule has 0 atom stereocenters. The van der Waals surface area contributed by atoms with E-state index in [0.717, 1.165) is 0 Å². The zero-order valence-corrected chi connectivity index (χ0v) is 13.7. The van der Waals surface area contributed by atoms with E-state index in [1.165, 1.54) is 41.3 Å². The van der Waals surface area contributed by atoms with Crippen LogP contribution in [0.5, 0.6) is 0 Å². The van der Waals surface area contributed by atoms with Crippen molar-refractivity contribution < 1.29 is 18.8 Å². The molecule has 2 aromatic carbocycles. The number of hydrogen-bond acceptors (Lipinski definition) is 3. The Hall–Kier alpha value is -3.22. The van der Waals surface area contributed by atoms with E-state index in [0.29, 0.717) is 11.3 Å². The maximum atomic E-state index is 13.6. The van der Waals surface area contributed by atoms with Crippen LogP contribution in [0.4, 0.5) is 20.6 Å². The molecule has 0 bridgehead atoms. The van der Waals surface area contributed by atoms with Gasteiger partial charge in [-0.1, -0.05) is 12.1 Å². The zero-order valence-electron chi connectivity index (χ0n) is 13.7. The second kappa shape index (κ2) is 6.35. The van der Waals surface area contributed by atoms with Crippen LogP contribution in [0, 0.1) is 5.82 Å². The number of hydrogen-bond donors (Lipinski definition) is 2. The number of rotatable bonds is 3. The molecular weight excluding hydrogens is 325 g/mol. The molecule has 0 spiro atoms. The zero-order chi connectivity index (χ0) is 18.1. The summed E-state index contributed by atoms with van der Waals surface area (Å²) in [5.74, 6) is -1.30. The van der Waals surface area contributed by atoms with Crippen LogP contribution in [0.15, 0.2) is 42.5 Å². The Bertz CT molecular complexity index is 880. The van der Waals surface area contributed by atoms with Gasteiger partial charge in [-0.25, -0.2) is 9.18 Å². The number of carbonyl (C=O) groups is 3. The van der Waals surface area contributed by atoms with Gasteiger partial charge in [0.2, 0.25) is 0 Å². The largest absolute Gasteiger partial charge is 0.323 e. The molecule has 0 saturated heterocycles. The Morgan fingerprint density at radius 2 is 1.68 bits per heavy atom. The second-order valence-electron chi connectivity index (χ2n) is 5.89. The van der Waals surface area contributed by atoms with Crippen molar-refractivity contribution in [2.75, 3.05) is 10.6 Å². The third-order valence-corrected chi connectivity index (χ3v) is 3.81. The van der Waals surface area contributed by atoms with Crippen molar-refractivity contribution in [3.63, 3.8) is 0 Å². The van der Waals surface area contributed by atoms with E-state index in [1.807, 2.05) is 0 Å². The first-order valence-electron chi connectivity index (χ1n) is 7.73. The van der Waals surface area contributed by atoms with Crippen LogP contribution < -0.4 is 10.6 Å². The Morgan fingerprint density at radius 3 is 2.36 bits per heavy atom. The van der Waals surface area contributed by atoms with Crippen LogP contribution >= 0.6 is 0 Å². The number of benzene rings is 2. The molecular formula is C18H16FN3O3. The van der Waals surface area contributed by atoms with Crippen LogP contribution in [-0.2, 0) is 0 Å². The third kappa shape index (κ3) is 3.08. The molecule has 25 heavy (non-hydrogen) atoms. The predicted octanol–water partition coefficient (Wildman–Crippen LogP) is 3.47. The van der Waals surface area contributed by atoms with Crippen molar-refractivity contribution >= 4 is 29.2 Å². The Balaban J connectivity index is 1.78. The maximum Gasteiger partial charge on any atom is 0.323 e. The summed E-state index contributed by atoms with van der Waals surface area (Å²) < 4.78 is 13.6. The number of nitrogens with one attached hydrogen (secondary N) is 2. The Labute approximate surface area is 143 Å². The molecule has 1 aliphatic rings. The van der Waals surface area contributed by atoms with E-state index < -0.39 is 17.8 Å². The van der Waals surface area contributed by atoms with Crippen LogP contribution in [0.1, 0.15) is 34.6 Å². The lowest BCUT2D eigenvalue weighted by Gasteiger charge is -2.17. The van der Waals surface area contributed by atoms with Crippen LogP contribution in [0.3, 0.4) is 0 Å². The van der Waals surface area contributed by atoms with E-state index in [4.69, 9.17) is 0 Å². The average molecular weight is 341 g/mol. The molecule has 4 amide bonds. The van der Waals surface area contributed by atoms with Gasteiger partial charge in [-0.05, 0) is 44.2 Å². The summed E-state index contributed by atoms with van der Waals surface area (Å²) in [6.07, 6.45) is 0. The molecule has 0 fully saturated rings. The molecule has 7 heteroatoms. The third-order valence-electron chi connectivity index (χ3n) is 3.81. The molecule has 0 aliphatic carbocycles. The number of urea groups is 1. The van der Waals surface area contributed by atoms with E-state index in [1.54, 1.807) is 19.9 Å². The SMILES string of the molecule is CC(C)N1C(=O)c2ccc(NC(=O)Nc3ccccc3F)cc2C1=O. The minimum absolute atomic E-state index is 0.0402. The first kappa shape index (κ1) is 16.6. The normalized spacial score (nSPS) is 13.2. The Morgan fingerprint density at radius 1 is 1.00 bits per heavy atom. The highest BCUT2D eigenvalue weighted by molar-refractivity contribution is 6.22. The van der Waals surface area contributed by atoms with Crippen LogP contribution in [-0.4, -0.2) is 28.8 Å². The number of para-hydroxylation sites is 1. The van der Waals surface area contributed by atoms with E-state index in [2.05, 4.69) is 10.6 Å². The number of carbonyl (C=O) groups excluding carboxylic acids is 3. The summed E-state index contributed by atoms with van der Waals surface area (Å²) >= 11 is 0. The van der Waals surface area contributed by atoms with Gasteiger partial charge in [0.25, 0.3) is 11.8 Å². The summed E-state index contributed by atoms with van der Waals surface area (Å²) in [6, 6.07) is 9.33. The van der Waals surface area contributed by atoms with Gasteiger partial charge >= 0.3 is 6.03 Å². The summed E-state index contributed by atoms with van der Waals surface area (Å²) in [5.41, 5.74) is 0.916. The van der Waals surface area contributed by atoms with E-state index in [9.17, 15) is 18.8 Å². The van der Waals surface area contributed by atoms with Crippen molar-refractivity contribution in [3.05, 3.63) is 59.4 Å². The lowest BCUT2D eigenvalue weighted by atomic mass is 10.1. The number of fused-ring (bicyclic) bond motifs is 1. The molecule has 3 rings (SSSR count). The fraction of sp³-hybridized carbons (Fsp3) is 0.167. The lowest BCUT2D eigenvalue weighted by Crippen LogP contribution is -2.35. The van der Waals surface area contributed by atoms with Gasteiger partial charge in [0, 0.05) is 11.7 Å². The molecule has 6 nitrogen and oxygen atoms in total. The monoisotopic (exact) mass is 341 g/mol. The van der Waals surface area contributed by atoms with Crippen molar-refractivity contribution in [1.82, 2.24) is 4.90 Å². The van der Waals surface area contributed by atoms with Crippen LogP contribution in [0.25, 0.3) is 0 Å². The number of anilines is 2. The van der Waals surface area contributed by atoms with Crippen molar-refractivity contribution in [2.24, 2.45) is 0 Å². The molecule has 128 valence electrons. The summed E-state index contributed by atoms with van der Waals surface area (Å²) in [5, 5.41) is 4.91. The molecule has 0 aromatic heterocycles. The minimum Gasteiger partial charge on any atom is -0.308 e. The Kier molecular flexibility index (Phi) is 4.22. The van der Waals surface area contributed by atoms with Gasteiger partial charge in [0.1, 0.15) is 5.82 Å². The fourth-order valence-electron chi connectivity index (χ4n) is 2.65. The maximum absolute atomic E-state index is 13.6. The van der Waals surface area contributed by atoms with Crippen molar-refractivity contribution in [3.8, 4) is 0 Å². The summed E-state index contributed by atoms with van der Waals surface area (Å²) in [6.45, 7) is 3.51. The molecule has 0 unspecified atom stereocenters. The number of amides is 4. The van der Waals surface area contributed by atoms with Crippen molar-refractivity contribution in [1.29, 1.82) is 0 Å². The van der Waals surface area contributed by atoms with Gasteiger partial charge in [-0.3, -0.25) is 14.5 Å². The summed E-state index contributed by atoms with van der Waals surface area (Å²) in [4.78, 5) is 37.7. The number of nitrogens with zero attached hydrogens (tertiary/aromatic N) is 1. The molecule has 0 radical (unpaired) electrons. The first-order valence-corrected chi connectivity index (χ1v) is 7.73. The highest BCUT2D eigenvalue weighted by atomic mass is 19.1. The number of imide groups is 1. The molecule has 2 aromatic rings. The minimum atomic E-state index is -0.650. The molecule has 1 heterocycles. The van der Waals surface area contributed by atoms with Crippen LogP contribution in [0.2, 0.25) is 0 Å². The first-order chi connectivity index (χ1) is 11.9. The highest BCUT2D eigenvalue weighted by Crippen LogP contribution is 2.27. The van der Waals surface area contributed by atoms with Gasteiger partial charge in [-0.2, -0.15) is 0 Å². The second-order valence-corrected chi connectivity index (χ2v) is 5.89. The van der Waals surface area contributed by atoms with E-state index in [-0.39, 0.29) is 23.2 Å². The summed E-state index contributed by atoms with van der Waals surface area (Å²) in [7, 11) is 0. The molecule has 1 aliphatic heterocycles. The smallest absolute Gasteiger partial charge is 0.308 e. The average Bonchev–Trinajstić information content (AvgIpc) is 2.80. The fourth-order valence-corrected chi connectivity index (χ4v) is 2.65. The van der Waals surface area contributed by atoms with Crippen molar-refractivity contribution in [2.45, 2.75) is 19.9 Å². The van der Waals surface area contributed by atoms with E-state index >= 15 is 0 Å². The van der Waals surface area contributed by atoms with Gasteiger partial charge < -0.3 is 10.6 Å². The van der Waals surface area contributed by atoms with Gasteiger partial charge in [-0.15, -0.1) is 0 Å². The quantitative estimate of drug-likeness (QED) is 0.839.